The van der Waals surface area contributed by atoms with Gasteiger partial charge in [0.2, 0.25) is 5.91 Å². The number of unbranched alkanes of at least 4 members (excludes halogenated alkanes) is 1. The highest BCUT2D eigenvalue weighted by Gasteiger charge is 2.18. The van der Waals surface area contributed by atoms with Crippen LogP contribution in [0.25, 0.3) is 0 Å². The van der Waals surface area contributed by atoms with E-state index in [0.29, 0.717) is 21.5 Å². The molecule has 0 aliphatic heterocycles. The quantitative estimate of drug-likeness (QED) is 0.335. The molecule has 0 aromatic carbocycles. The molecule has 0 bridgehead atoms. The molecule has 1 amide bonds. The lowest BCUT2D eigenvalue weighted by molar-refractivity contribution is -0.122. The van der Waals surface area contributed by atoms with Crippen molar-refractivity contribution < 1.29 is 14.4 Å². The smallest absolute Gasteiger partial charge is 0.220 e. The Morgan fingerprint density at radius 1 is 1.37 bits per heavy atom. The Hall–Kier alpha value is -0.800. The molecule has 0 rings (SSSR count). The van der Waals surface area contributed by atoms with Gasteiger partial charge in [-0.3, -0.25) is 9.59 Å². The van der Waals surface area contributed by atoms with Gasteiger partial charge in [-0.15, -0.1) is 8.58 Å². The highest BCUT2D eigenvalue weighted by atomic mass is 31.1. The van der Waals surface area contributed by atoms with Crippen molar-refractivity contribution in [1.82, 2.24) is 5.32 Å². The first kappa shape index (κ1) is 18.2. The van der Waals surface area contributed by atoms with E-state index in [1.54, 1.807) is 0 Å². The molecule has 110 valence electrons. The number of amides is 1. The number of hydrogen-bond donors (Lipinski definition) is 2. The Balaban J connectivity index is 3.61. The Morgan fingerprint density at radius 2 is 2.05 bits per heavy atom. The van der Waals surface area contributed by atoms with Crippen molar-refractivity contribution in [3.8, 4) is 0 Å². The molecule has 0 aliphatic carbocycles. The maximum atomic E-state index is 11.7. The van der Waals surface area contributed by atoms with Gasteiger partial charge in [0.25, 0.3) is 0 Å². The highest BCUT2D eigenvalue weighted by Crippen LogP contribution is 2.16. The topological polar surface area (TPSA) is 89.3 Å². The van der Waals surface area contributed by atoms with Gasteiger partial charge >= 0.3 is 0 Å². The largest absolute Gasteiger partial charge is 0.356 e. The summed E-state index contributed by atoms with van der Waals surface area (Å²) in [5.74, 6) is 0.0316. The van der Waals surface area contributed by atoms with E-state index in [0.717, 1.165) is 19.1 Å². The minimum Gasteiger partial charge on any atom is -0.356 e. The molecule has 0 aromatic heterocycles. The van der Waals surface area contributed by atoms with Gasteiger partial charge in [0.05, 0.1) is 6.04 Å². The van der Waals surface area contributed by atoms with Gasteiger partial charge < -0.3 is 15.8 Å². The minimum absolute atomic E-state index is 0.0537. The zero-order valence-corrected chi connectivity index (χ0v) is 12.8. The zero-order valence-electron chi connectivity index (χ0n) is 11.8. The van der Waals surface area contributed by atoms with E-state index in [4.69, 9.17) is 5.73 Å². The molecule has 3 N–H and O–H groups in total. The average molecular weight is 288 g/mol. The van der Waals surface area contributed by atoms with Crippen molar-refractivity contribution in [2.75, 3.05) is 13.2 Å². The molecule has 0 saturated carbocycles. The van der Waals surface area contributed by atoms with Gasteiger partial charge in [-0.25, -0.2) is 0 Å². The van der Waals surface area contributed by atoms with Crippen LogP contribution in [-0.2, 0) is 14.4 Å². The van der Waals surface area contributed by atoms with Crippen LogP contribution in [0.5, 0.6) is 0 Å². The molecule has 0 spiro atoms. The van der Waals surface area contributed by atoms with Crippen LogP contribution in [0.15, 0.2) is 0 Å². The van der Waals surface area contributed by atoms with Crippen LogP contribution in [0.2, 0.25) is 0 Å². The Labute approximate surface area is 116 Å². The summed E-state index contributed by atoms with van der Waals surface area (Å²) in [7, 11) is 0.591. The number of carbonyl (C=O) groups is 3. The molecule has 0 fully saturated rings. The van der Waals surface area contributed by atoms with Crippen molar-refractivity contribution in [2.45, 2.75) is 50.7 Å². The summed E-state index contributed by atoms with van der Waals surface area (Å²) in [6.07, 6.45) is 3.53. The average Bonchev–Trinajstić information content (AvgIpc) is 2.42. The second-order valence-electron chi connectivity index (χ2n) is 4.57. The lowest BCUT2D eigenvalue weighted by Crippen LogP contribution is -2.35. The fourth-order valence-electron chi connectivity index (χ4n) is 1.60. The summed E-state index contributed by atoms with van der Waals surface area (Å²) < 4.78 is 0. The molecular formula is C13H25N2O3P. The molecule has 0 aliphatic rings. The highest BCUT2D eigenvalue weighted by molar-refractivity contribution is 7.39. The van der Waals surface area contributed by atoms with Crippen LogP contribution in [0.4, 0.5) is 0 Å². The number of nitrogens with two attached hydrogens (primary N) is 1. The van der Waals surface area contributed by atoms with E-state index in [1.165, 1.54) is 0 Å². The van der Waals surface area contributed by atoms with Crippen LogP contribution in [-0.4, -0.2) is 42.9 Å². The van der Waals surface area contributed by atoms with Crippen LogP contribution < -0.4 is 11.1 Å². The summed E-state index contributed by atoms with van der Waals surface area (Å²) in [5.41, 5.74) is 5.88. The third-order valence-corrected chi connectivity index (χ3v) is 4.13. The Kier molecular flexibility index (Phi) is 10.6. The monoisotopic (exact) mass is 288 g/mol. The first-order valence-corrected chi connectivity index (χ1v) is 8.27. The maximum Gasteiger partial charge on any atom is 0.220 e. The molecule has 19 heavy (non-hydrogen) atoms. The molecule has 0 heterocycles. The number of Topliss-reactive ketones (excluding diaryl/α,β-unsaturated/α-hetero) is 1. The third kappa shape index (κ3) is 8.84. The van der Waals surface area contributed by atoms with Crippen molar-refractivity contribution >= 4 is 26.6 Å². The second kappa shape index (κ2) is 11.1. The fraction of sp³-hybridized carbons (Fsp3) is 0.769. The zero-order chi connectivity index (χ0) is 14.7. The van der Waals surface area contributed by atoms with Crippen LogP contribution >= 0.6 is 8.58 Å². The lowest BCUT2D eigenvalue weighted by Gasteiger charge is -2.14. The Bertz CT molecular complexity index is 298. The summed E-state index contributed by atoms with van der Waals surface area (Å²) in [4.78, 5) is 33.0. The molecular weight excluding hydrogens is 263 g/mol. The number of hydrogen-bond acceptors (Lipinski definition) is 4. The molecule has 5 nitrogen and oxygen atoms in total. The van der Waals surface area contributed by atoms with E-state index in [2.05, 4.69) is 5.32 Å². The first-order chi connectivity index (χ1) is 9.02. The molecule has 0 radical (unpaired) electrons. The maximum absolute atomic E-state index is 11.7. The van der Waals surface area contributed by atoms with Crippen LogP contribution in [0.3, 0.4) is 0 Å². The van der Waals surface area contributed by atoms with Gasteiger partial charge in [0, 0.05) is 25.0 Å². The van der Waals surface area contributed by atoms with Crippen molar-refractivity contribution in [3.05, 3.63) is 0 Å². The summed E-state index contributed by atoms with van der Waals surface area (Å²) >= 11 is 0. The normalized spacial score (nSPS) is 14.3. The van der Waals surface area contributed by atoms with Crippen molar-refractivity contribution in [1.29, 1.82) is 0 Å². The SMILES string of the molecule is CPC(C)C(=O)C(N)CCCCNC(=O)CCC=O. The number of nitrogens with one attached hydrogen (secondary N) is 1. The molecule has 0 aromatic rings. The number of carbonyl (C=O) groups excluding carboxylic acids is 3. The molecule has 0 saturated heterocycles. The molecule has 6 heteroatoms. The van der Waals surface area contributed by atoms with E-state index >= 15 is 0 Å². The fourth-order valence-corrected chi connectivity index (χ4v) is 2.10. The second-order valence-corrected chi connectivity index (χ2v) is 6.01. The van der Waals surface area contributed by atoms with Crippen molar-refractivity contribution in [3.63, 3.8) is 0 Å². The van der Waals surface area contributed by atoms with Crippen LogP contribution in [0, 0.1) is 0 Å². The third-order valence-electron chi connectivity index (χ3n) is 2.98. The number of ketones is 1. The van der Waals surface area contributed by atoms with E-state index in [9.17, 15) is 14.4 Å². The van der Waals surface area contributed by atoms with Gasteiger partial charge in [-0.1, -0.05) is 6.92 Å². The van der Waals surface area contributed by atoms with Crippen molar-refractivity contribution in [2.24, 2.45) is 5.73 Å². The van der Waals surface area contributed by atoms with E-state index < -0.39 is 0 Å². The van der Waals surface area contributed by atoms with E-state index in [-0.39, 0.29) is 36.2 Å². The molecule has 3 unspecified atom stereocenters. The minimum atomic E-state index is -0.381. The predicted molar refractivity (Wildman–Crippen MR) is 78.8 cm³/mol. The number of rotatable bonds is 11. The first-order valence-electron chi connectivity index (χ1n) is 6.69. The van der Waals surface area contributed by atoms with E-state index in [1.807, 2.05) is 13.6 Å². The predicted octanol–water partition coefficient (Wildman–Crippen LogP) is 0.845. The van der Waals surface area contributed by atoms with Gasteiger partial charge in [-0.05, 0) is 25.9 Å². The summed E-state index contributed by atoms with van der Waals surface area (Å²) in [5, 5.41) is 2.73. The summed E-state index contributed by atoms with van der Waals surface area (Å²) in [6.45, 7) is 4.49. The van der Waals surface area contributed by atoms with Gasteiger partial charge in [0.15, 0.2) is 5.78 Å². The van der Waals surface area contributed by atoms with Gasteiger partial charge in [0.1, 0.15) is 6.29 Å². The summed E-state index contributed by atoms with van der Waals surface area (Å²) in [6, 6.07) is -0.381. The standard InChI is InChI=1S/C13H25N2O3P/c1-10(19-2)13(18)11(14)6-3-4-8-15-12(17)7-5-9-16/h9-11,19H,3-8,14H2,1-2H3,(H,15,17). The van der Waals surface area contributed by atoms with Crippen LogP contribution in [0.1, 0.15) is 39.0 Å². The Morgan fingerprint density at radius 3 is 2.63 bits per heavy atom. The molecule has 3 atom stereocenters. The lowest BCUT2D eigenvalue weighted by atomic mass is 10.0. The van der Waals surface area contributed by atoms with Gasteiger partial charge in [-0.2, -0.15) is 0 Å². The number of aldehydes is 1.